The lowest BCUT2D eigenvalue weighted by atomic mass is 10.0. The van der Waals surface area contributed by atoms with E-state index in [9.17, 15) is 23.6 Å². The number of hydrogen-bond donors (Lipinski definition) is 1. The van der Waals surface area contributed by atoms with Crippen LogP contribution in [-0.4, -0.2) is 44.6 Å². The van der Waals surface area contributed by atoms with E-state index in [-0.39, 0.29) is 48.6 Å². The molecular formula is C31H36Cl2F2NO9+. The van der Waals surface area contributed by atoms with Crippen LogP contribution >= 0.6 is 23.2 Å². The van der Waals surface area contributed by atoms with E-state index in [0.29, 0.717) is 39.9 Å². The Labute approximate surface area is 270 Å². The lowest BCUT2D eigenvalue weighted by Crippen LogP contribution is -2.29. The summed E-state index contributed by atoms with van der Waals surface area (Å²) in [6.45, 7) is -2.80. The highest BCUT2D eigenvalue weighted by Gasteiger charge is 2.27. The van der Waals surface area contributed by atoms with Crippen LogP contribution in [0.3, 0.4) is 0 Å². The number of alkyl halides is 2. The molecule has 1 atom stereocenters. The van der Waals surface area contributed by atoms with Crippen molar-refractivity contribution in [3.8, 4) is 28.7 Å². The highest BCUT2D eigenvalue weighted by Crippen LogP contribution is 2.38. The normalized spacial score (nSPS) is 12.7. The molecule has 0 saturated heterocycles. The minimum absolute atomic E-state index is 0. The summed E-state index contributed by atoms with van der Waals surface area (Å²) >= 11 is 12.6. The second-order valence-corrected chi connectivity index (χ2v) is 10.3. The molecular weight excluding hydrogens is 639 g/mol. The quantitative estimate of drug-likeness (QED) is 0.0633. The summed E-state index contributed by atoms with van der Waals surface area (Å²) in [5, 5.41) is 9.87. The largest absolute Gasteiger partial charge is 0.496 e. The van der Waals surface area contributed by atoms with Crippen LogP contribution < -0.4 is 28.4 Å². The summed E-state index contributed by atoms with van der Waals surface area (Å²) in [6.07, 6.45) is 2.28. The molecule has 1 aromatic heterocycles. The Balaban J connectivity index is 0.00000353. The lowest BCUT2D eigenvalue weighted by molar-refractivity contribution is -0.904. The Morgan fingerprint density at radius 1 is 0.933 bits per heavy atom. The van der Waals surface area contributed by atoms with E-state index in [4.69, 9.17) is 46.9 Å². The van der Waals surface area contributed by atoms with Crippen molar-refractivity contribution in [3.63, 3.8) is 0 Å². The first-order chi connectivity index (χ1) is 20.5. The number of aromatic nitrogens is 1. The molecule has 0 bridgehead atoms. The third-order valence-corrected chi connectivity index (χ3v) is 6.95. The zero-order valence-electron chi connectivity index (χ0n) is 23.1. The van der Waals surface area contributed by atoms with Gasteiger partial charge in [-0.25, -0.2) is 0 Å². The summed E-state index contributed by atoms with van der Waals surface area (Å²) in [5.74, 6) is -0.940. The number of benzene rings is 2. The fourth-order valence-electron chi connectivity index (χ4n) is 4.00. The molecule has 0 unspecified atom stereocenters. The topological polar surface area (TPSA) is 114 Å². The Morgan fingerprint density at radius 3 is 2.09 bits per heavy atom. The van der Waals surface area contributed by atoms with Gasteiger partial charge in [-0.05, 0) is 36.5 Å². The van der Waals surface area contributed by atoms with Crippen LogP contribution in [-0.2, 0) is 20.7 Å². The molecule has 246 valence electrons. The molecule has 0 amide bonds. The summed E-state index contributed by atoms with van der Waals surface area (Å²) in [6, 6.07) is 8.55. The molecule has 1 fully saturated rings. The van der Waals surface area contributed by atoms with Gasteiger partial charge in [-0.1, -0.05) is 44.1 Å². The lowest BCUT2D eigenvalue weighted by Gasteiger charge is -2.21. The summed E-state index contributed by atoms with van der Waals surface area (Å²) in [7, 11) is 2.86. The molecule has 10 nitrogen and oxygen atoms in total. The van der Waals surface area contributed by atoms with Gasteiger partial charge in [-0.3, -0.25) is 14.8 Å². The van der Waals surface area contributed by atoms with Crippen LogP contribution in [0.2, 0.25) is 10.0 Å². The van der Waals surface area contributed by atoms with Gasteiger partial charge >= 0.3 is 18.6 Å². The molecule has 0 aliphatic heterocycles. The van der Waals surface area contributed by atoms with Crippen molar-refractivity contribution >= 4 is 35.1 Å². The van der Waals surface area contributed by atoms with E-state index >= 15 is 0 Å². The molecule has 4 rings (SSSR count). The minimum Gasteiger partial charge on any atom is -0.496 e. The summed E-state index contributed by atoms with van der Waals surface area (Å²) in [4.78, 5) is 25.6. The van der Waals surface area contributed by atoms with E-state index in [1.165, 1.54) is 56.9 Å². The molecule has 0 spiro atoms. The SMILES string of the molecule is C.C.COc1cc(OC)cc(OC(=O)CC(=O)O[C@@H](Cc2c(Cl)c[n+](O)cc2Cl)c2ccc(OC(F)F)c(OCC3CC3)c2)c1. The molecule has 2 aromatic carbocycles. The van der Waals surface area contributed by atoms with Crippen LogP contribution in [0.15, 0.2) is 48.8 Å². The molecule has 1 saturated carbocycles. The standard InChI is InChI=1S/C29H28Cl2F2NO9.2CH4/c1-38-18-8-19(39-2)10-20(9-18)41-27(35)12-28(36)42-25(11-21-22(30)13-34(37)14-23(21)31)17-5-6-24(43-29(32)33)26(7-17)40-15-16-3-4-16;;/h5-10,13-14,16,25,29,37H,3-4,11-12,15H2,1-2H3;2*1H4/q+1;;/t25-;;/m0../s1. The predicted octanol–water partition coefficient (Wildman–Crippen LogP) is 7.02. The van der Waals surface area contributed by atoms with Gasteiger partial charge in [0.1, 0.15) is 39.8 Å². The number of carbonyl (C=O) groups is 2. The maximum absolute atomic E-state index is 13.1. The fraction of sp³-hybridized carbons (Fsp3) is 0.387. The average Bonchev–Trinajstić information content (AvgIpc) is 3.77. The number of methoxy groups -OCH3 is 2. The van der Waals surface area contributed by atoms with Crippen molar-refractivity contribution < 1.29 is 56.7 Å². The number of esters is 2. The highest BCUT2D eigenvalue weighted by atomic mass is 35.5. The molecule has 14 heteroatoms. The second-order valence-electron chi connectivity index (χ2n) is 9.53. The van der Waals surface area contributed by atoms with Crippen molar-refractivity contribution in [2.24, 2.45) is 5.92 Å². The van der Waals surface area contributed by atoms with Crippen LogP contribution in [0.1, 0.15) is 51.3 Å². The Hall–Kier alpha value is -4.03. The van der Waals surface area contributed by atoms with Gasteiger partial charge < -0.3 is 28.4 Å². The first-order valence-electron chi connectivity index (χ1n) is 13.0. The maximum Gasteiger partial charge on any atom is 0.387 e. The number of carbonyl (C=O) groups excluding carboxylic acids is 2. The van der Waals surface area contributed by atoms with E-state index in [0.717, 1.165) is 12.8 Å². The number of rotatable bonds is 14. The van der Waals surface area contributed by atoms with Gasteiger partial charge in [0, 0.05) is 34.9 Å². The monoisotopic (exact) mass is 674 g/mol. The van der Waals surface area contributed by atoms with Gasteiger partial charge in [-0.2, -0.15) is 8.78 Å². The van der Waals surface area contributed by atoms with Gasteiger partial charge in [0.15, 0.2) is 11.5 Å². The van der Waals surface area contributed by atoms with Gasteiger partial charge in [0.25, 0.3) is 0 Å². The van der Waals surface area contributed by atoms with Gasteiger partial charge in [0.2, 0.25) is 12.4 Å². The Morgan fingerprint density at radius 2 is 1.53 bits per heavy atom. The van der Waals surface area contributed by atoms with Crippen molar-refractivity contribution in [1.29, 1.82) is 0 Å². The third-order valence-electron chi connectivity index (χ3n) is 6.30. The van der Waals surface area contributed by atoms with Crippen LogP contribution in [0.4, 0.5) is 8.78 Å². The van der Waals surface area contributed by atoms with E-state index < -0.39 is 31.1 Å². The van der Waals surface area contributed by atoms with Crippen molar-refractivity contribution in [1.82, 2.24) is 0 Å². The Kier molecular flexibility index (Phi) is 13.9. The number of nitrogens with zero attached hydrogens (tertiary/aromatic N) is 1. The summed E-state index contributed by atoms with van der Waals surface area (Å²) in [5.41, 5.74) is 0.630. The van der Waals surface area contributed by atoms with E-state index in [1.807, 2.05) is 0 Å². The van der Waals surface area contributed by atoms with E-state index in [2.05, 4.69) is 4.74 Å². The van der Waals surface area contributed by atoms with Crippen LogP contribution in [0.5, 0.6) is 28.7 Å². The molecule has 3 aromatic rings. The number of ether oxygens (including phenoxy) is 6. The average molecular weight is 676 g/mol. The van der Waals surface area contributed by atoms with Crippen LogP contribution in [0.25, 0.3) is 0 Å². The number of hydrogen-bond acceptors (Lipinski definition) is 9. The van der Waals surface area contributed by atoms with Crippen LogP contribution in [0, 0.1) is 5.92 Å². The molecule has 1 aliphatic rings. The molecule has 0 radical (unpaired) electrons. The Bertz CT molecular complexity index is 1430. The van der Waals surface area contributed by atoms with Crippen molar-refractivity contribution in [2.75, 3.05) is 20.8 Å². The minimum atomic E-state index is -3.09. The smallest absolute Gasteiger partial charge is 0.387 e. The molecule has 1 N–H and O–H groups in total. The van der Waals surface area contributed by atoms with Crippen molar-refractivity contribution in [3.05, 3.63) is 70.0 Å². The highest BCUT2D eigenvalue weighted by molar-refractivity contribution is 6.35. The van der Waals surface area contributed by atoms with Crippen molar-refractivity contribution in [2.45, 2.75) is 53.3 Å². The number of pyridine rings is 1. The summed E-state index contributed by atoms with van der Waals surface area (Å²) < 4.78 is 58.4. The predicted molar refractivity (Wildman–Crippen MR) is 161 cm³/mol. The molecule has 1 heterocycles. The first-order valence-corrected chi connectivity index (χ1v) is 13.7. The van der Waals surface area contributed by atoms with Gasteiger partial charge in [-0.15, -0.1) is 0 Å². The zero-order valence-corrected chi connectivity index (χ0v) is 24.6. The first kappa shape index (κ1) is 37.2. The maximum atomic E-state index is 13.1. The van der Waals surface area contributed by atoms with E-state index in [1.54, 1.807) is 6.07 Å². The third kappa shape index (κ3) is 10.8. The second kappa shape index (κ2) is 16.9. The zero-order chi connectivity index (χ0) is 31.1. The molecule has 45 heavy (non-hydrogen) atoms. The number of halogens is 4. The molecule has 1 aliphatic carbocycles. The van der Waals surface area contributed by atoms with Gasteiger partial charge in [0.05, 0.1) is 20.8 Å². The fourth-order valence-corrected chi connectivity index (χ4v) is 4.60.